The van der Waals surface area contributed by atoms with Crippen LogP contribution in [0.1, 0.15) is 21.5 Å². The number of carbonyl (C=O) groups excluding carboxylic acids is 1. The quantitative estimate of drug-likeness (QED) is 0.755. The molecule has 3 aromatic rings. The van der Waals surface area contributed by atoms with Gasteiger partial charge in [-0.2, -0.15) is 0 Å². The summed E-state index contributed by atoms with van der Waals surface area (Å²) in [7, 11) is 0. The number of fused-ring (bicyclic) bond motifs is 2. The molecule has 0 spiro atoms. The van der Waals surface area contributed by atoms with Gasteiger partial charge >= 0.3 is 0 Å². The van der Waals surface area contributed by atoms with Crippen LogP contribution in [0, 0.1) is 0 Å². The van der Waals surface area contributed by atoms with Crippen molar-refractivity contribution in [2.75, 3.05) is 5.32 Å². The van der Waals surface area contributed by atoms with Crippen molar-refractivity contribution in [3.63, 3.8) is 0 Å². The van der Waals surface area contributed by atoms with E-state index in [2.05, 4.69) is 22.8 Å². The average Bonchev–Trinajstić information content (AvgIpc) is 3.14. The Hall–Kier alpha value is -2.17. The number of hydrogen-bond donors (Lipinski definition) is 2. The molecule has 104 valence electrons. The van der Waals surface area contributed by atoms with E-state index >= 15 is 0 Å². The molecule has 1 amide bonds. The standard InChI is InChI=1S/C17H14N2OS/c20-17(15-2-1-3-16-14(15)6-7-21-16)19-13-5-4-11-9-18-10-12(11)8-13/h1-8,18H,9-10H2,(H,19,20). The molecule has 2 heterocycles. The summed E-state index contributed by atoms with van der Waals surface area (Å²) in [6, 6.07) is 14.0. The predicted octanol–water partition coefficient (Wildman–Crippen LogP) is 3.76. The predicted molar refractivity (Wildman–Crippen MR) is 86.8 cm³/mol. The van der Waals surface area contributed by atoms with Gasteiger partial charge in [-0.15, -0.1) is 11.3 Å². The number of amides is 1. The molecule has 1 aliphatic heterocycles. The molecule has 0 bridgehead atoms. The SMILES string of the molecule is O=C(Nc1ccc2c(c1)CNC2)c1cccc2sccc12. The molecule has 0 fully saturated rings. The third kappa shape index (κ3) is 2.22. The van der Waals surface area contributed by atoms with Gasteiger partial charge in [0.05, 0.1) is 0 Å². The molecule has 4 heteroatoms. The minimum Gasteiger partial charge on any atom is -0.322 e. The molecular formula is C17H14N2OS. The van der Waals surface area contributed by atoms with E-state index in [1.807, 2.05) is 35.7 Å². The van der Waals surface area contributed by atoms with Gasteiger partial charge in [0.2, 0.25) is 0 Å². The lowest BCUT2D eigenvalue weighted by molar-refractivity contribution is 0.102. The monoisotopic (exact) mass is 294 g/mol. The van der Waals surface area contributed by atoms with E-state index in [0.29, 0.717) is 0 Å². The topological polar surface area (TPSA) is 41.1 Å². The van der Waals surface area contributed by atoms with Crippen LogP contribution in [0.3, 0.4) is 0 Å². The fourth-order valence-corrected chi connectivity index (χ4v) is 3.58. The third-order valence-corrected chi connectivity index (χ3v) is 4.72. The summed E-state index contributed by atoms with van der Waals surface area (Å²) in [4.78, 5) is 12.5. The van der Waals surface area contributed by atoms with Crippen molar-refractivity contribution in [1.82, 2.24) is 5.32 Å². The van der Waals surface area contributed by atoms with Crippen molar-refractivity contribution in [1.29, 1.82) is 0 Å². The van der Waals surface area contributed by atoms with Crippen LogP contribution in [0.4, 0.5) is 5.69 Å². The highest BCUT2D eigenvalue weighted by Crippen LogP contribution is 2.25. The highest BCUT2D eigenvalue weighted by molar-refractivity contribution is 7.17. The van der Waals surface area contributed by atoms with Gasteiger partial charge in [-0.25, -0.2) is 0 Å². The number of nitrogens with one attached hydrogen (secondary N) is 2. The molecule has 0 saturated heterocycles. The van der Waals surface area contributed by atoms with Crippen molar-refractivity contribution in [3.8, 4) is 0 Å². The second-order valence-electron chi connectivity index (χ2n) is 5.18. The van der Waals surface area contributed by atoms with Gasteiger partial charge in [0.25, 0.3) is 5.91 Å². The first-order chi connectivity index (χ1) is 10.3. The molecule has 1 aliphatic rings. The Balaban J connectivity index is 1.65. The van der Waals surface area contributed by atoms with Gasteiger partial charge in [-0.3, -0.25) is 4.79 Å². The molecule has 3 nitrogen and oxygen atoms in total. The first-order valence-corrected chi connectivity index (χ1v) is 7.79. The number of thiophene rings is 1. The van der Waals surface area contributed by atoms with Crippen molar-refractivity contribution in [3.05, 3.63) is 64.5 Å². The highest BCUT2D eigenvalue weighted by atomic mass is 32.1. The van der Waals surface area contributed by atoms with Crippen LogP contribution in [0.2, 0.25) is 0 Å². The van der Waals surface area contributed by atoms with Crippen molar-refractivity contribution >= 4 is 33.0 Å². The van der Waals surface area contributed by atoms with Crippen LogP contribution in [0.25, 0.3) is 10.1 Å². The Kier molecular flexibility index (Phi) is 2.98. The molecule has 0 unspecified atom stereocenters. The summed E-state index contributed by atoms with van der Waals surface area (Å²) in [6.07, 6.45) is 0. The van der Waals surface area contributed by atoms with Gasteiger partial charge < -0.3 is 10.6 Å². The zero-order chi connectivity index (χ0) is 14.2. The van der Waals surface area contributed by atoms with E-state index in [0.717, 1.165) is 34.4 Å². The number of anilines is 1. The second kappa shape index (κ2) is 4.98. The first kappa shape index (κ1) is 12.6. The minimum atomic E-state index is -0.0510. The van der Waals surface area contributed by atoms with Crippen LogP contribution in [-0.4, -0.2) is 5.91 Å². The smallest absolute Gasteiger partial charge is 0.256 e. The number of benzene rings is 2. The Labute approximate surface area is 126 Å². The van der Waals surface area contributed by atoms with Crippen LogP contribution >= 0.6 is 11.3 Å². The van der Waals surface area contributed by atoms with E-state index < -0.39 is 0 Å². The lowest BCUT2D eigenvalue weighted by atomic mass is 10.1. The largest absolute Gasteiger partial charge is 0.322 e. The molecule has 2 N–H and O–H groups in total. The maximum atomic E-state index is 12.5. The third-order valence-electron chi connectivity index (χ3n) is 3.84. The summed E-state index contributed by atoms with van der Waals surface area (Å²) in [5.74, 6) is -0.0510. The summed E-state index contributed by atoms with van der Waals surface area (Å²) < 4.78 is 1.14. The second-order valence-corrected chi connectivity index (χ2v) is 6.13. The van der Waals surface area contributed by atoms with E-state index in [4.69, 9.17) is 0 Å². The molecule has 0 aliphatic carbocycles. The Bertz CT molecular complexity index is 838. The van der Waals surface area contributed by atoms with Crippen LogP contribution in [-0.2, 0) is 13.1 Å². The Morgan fingerprint density at radius 1 is 1.10 bits per heavy atom. The van der Waals surface area contributed by atoms with Crippen molar-refractivity contribution in [2.24, 2.45) is 0 Å². The lowest BCUT2D eigenvalue weighted by Gasteiger charge is -2.08. The summed E-state index contributed by atoms with van der Waals surface area (Å²) in [5.41, 5.74) is 4.16. The maximum absolute atomic E-state index is 12.5. The minimum absolute atomic E-state index is 0.0510. The normalized spacial score (nSPS) is 13.3. The Morgan fingerprint density at radius 2 is 2.00 bits per heavy atom. The average molecular weight is 294 g/mol. The number of rotatable bonds is 2. The van der Waals surface area contributed by atoms with E-state index in [-0.39, 0.29) is 5.91 Å². The zero-order valence-corrected chi connectivity index (χ0v) is 12.2. The van der Waals surface area contributed by atoms with Gasteiger partial charge in [0.15, 0.2) is 0 Å². The molecule has 4 rings (SSSR count). The number of carbonyl (C=O) groups is 1. The molecule has 21 heavy (non-hydrogen) atoms. The summed E-state index contributed by atoms with van der Waals surface area (Å²) >= 11 is 1.65. The molecule has 0 saturated carbocycles. The molecule has 2 aromatic carbocycles. The van der Waals surface area contributed by atoms with E-state index in [1.54, 1.807) is 11.3 Å². The van der Waals surface area contributed by atoms with E-state index in [1.165, 1.54) is 11.1 Å². The first-order valence-electron chi connectivity index (χ1n) is 6.91. The fourth-order valence-electron chi connectivity index (χ4n) is 2.76. The van der Waals surface area contributed by atoms with Crippen LogP contribution < -0.4 is 10.6 Å². The van der Waals surface area contributed by atoms with Gasteiger partial charge in [0, 0.05) is 34.4 Å². The lowest BCUT2D eigenvalue weighted by Crippen LogP contribution is -2.12. The molecule has 1 aromatic heterocycles. The van der Waals surface area contributed by atoms with E-state index in [9.17, 15) is 4.79 Å². The summed E-state index contributed by atoms with van der Waals surface area (Å²) in [6.45, 7) is 1.79. The fraction of sp³-hybridized carbons (Fsp3) is 0.118. The number of hydrogen-bond acceptors (Lipinski definition) is 3. The Morgan fingerprint density at radius 3 is 2.95 bits per heavy atom. The van der Waals surface area contributed by atoms with Crippen molar-refractivity contribution < 1.29 is 4.79 Å². The summed E-state index contributed by atoms with van der Waals surface area (Å²) in [5, 5.41) is 9.35. The van der Waals surface area contributed by atoms with Gasteiger partial charge in [0.1, 0.15) is 0 Å². The van der Waals surface area contributed by atoms with Gasteiger partial charge in [-0.05, 0) is 46.8 Å². The van der Waals surface area contributed by atoms with Gasteiger partial charge in [-0.1, -0.05) is 12.1 Å². The molecular weight excluding hydrogens is 280 g/mol. The zero-order valence-electron chi connectivity index (χ0n) is 11.3. The van der Waals surface area contributed by atoms with Crippen LogP contribution in [0.5, 0.6) is 0 Å². The van der Waals surface area contributed by atoms with Crippen molar-refractivity contribution in [2.45, 2.75) is 13.1 Å². The van der Waals surface area contributed by atoms with Crippen LogP contribution in [0.15, 0.2) is 47.8 Å². The maximum Gasteiger partial charge on any atom is 0.256 e. The molecule has 0 radical (unpaired) electrons. The highest BCUT2D eigenvalue weighted by Gasteiger charge is 2.13. The molecule has 0 atom stereocenters.